The first kappa shape index (κ1) is 38.3. The van der Waals surface area contributed by atoms with Gasteiger partial charge >= 0.3 is 6.09 Å². The van der Waals surface area contributed by atoms with Crippen LogP contribution in [0, 0.1) is 34.9 Å². The third kappa shape index (κ3) is 8.01. The number of rotatable bonds is 12. The molecule has 5 aliphatic rings. The van der Waals surface area contributed by atoms with Gasteiger partial charge in [-0.05, 0) is 86.7 Å². The van der Waals surface area contributed by atoms with Crippen LogP contribution in [0.15, 0.2) is 65.6 Å². The van der Waals surface area contributed by atoms with Gasteiger partial charge in [-0.15, -0.1) is 0 Å². The van der Waals surface area contributed by atoms with Crippen LogP contribution < -0.4 is 10.2 Å². The number of carboxylic acid groups (broad SMARTS) is 1. The summed E-state index contributed by atoms with van der Waals surface area (Å²) in [6.07, 6.45) is 6.03. The van der Waals surface area contributed by atoms with Crippen LogP contribution in [0.5, 0.6) is 0 Å². The Kier molecular flexibility index (Phi) is 11.6. The number of carbonyl (C=O) groups is 2. The molecule has 3 atom stereocenters. The molecule has 2 amide bonds. The molecule has 14 heteroatoms. The minimum absolute atomic E-state index is 0.0275. The maximum Gasteiger partial charge on any atom is 0.404 e. The smallest absolute Gasteiger partial charge is 0.404 e. The topological polar surface area (TPSA) is 147 Å². The summed E-state index contributed by atoms with van der Waals surface area (Å²) >= 11 is 0. The van der Waals surface area contributed by atoms with E-state index >= 15 is 0 Å². The van der Waals surface area contributed by atoms with Crippen molar-refractivity contribution in [1.82, 2.24) is 20.0 Å². The number of anilines is 1. The van der Waals surface area contributed by atoms with Crippen molar-refractivity contribution in [2.45, 2.75) is 53.7 Å². The summed E-state index contributed by atoms with van der Waals surface area (Å²) in [5.41, 5.74) is 0.643. The number of amides is 2. The average molecular weight is 763 g/mol. The standard InChI is InChI=1S/C40H51FN6O6S/c41-32-5-1-4-31(22-32)40(28-42,36-6-2-7-37(36)43-39(49)50)30-13-16-45(17-14-30)23-29-24-46(25-29)33-9-11-34(12-10-33)54(51,52)35-26-47(27-35)38(48)8-3-15-44-18-20-53-21-19-44/h1,3-5,8-12,22,29-30,35-37,43H,2,6-7,13-21,23-27H2,(H,49,50)/b8-3+/t36-,37-,40-/m0/s1. The van der Waals surface area contributed by atoms with Gasteiger partial charge in [0.15, 0.2) is 9.84 Å². The number of likely N-dealkylation sites (tertiary alicyclic amines) is 2. The molecule has 4 aliphatic heterocycles. The second kappa shape index (κ2) is 16.4. The molecule has 2 aromatic carbocycles. The molecular formula is C40H51FN6O6S. The number of nitrogens with zero attached hydrogens (tertiary/aromatic N) is 5. The number of halogens is 1. The van der Waals surface area contributed by atoms with Crippen molar-refractivity contribution in [2.75, 3.05) is 83.6 Å². The van der Waals surface area contributed by atoms with Crippen molar-refractivity contribution < 1.29 is 32.2 Å². The lowest BCUT2D eigenvalue weighted by Gasteiger charge is -2.48. The summed E-state index contributed by atoms with van der Waals surface area (Å²) in [5.74, 6) is -0.356. The molecule has 0 aromatic heterocycles. The molecule has 4 saturated heterocycles. The zero-order chi connectivity index (χ0) is 37.9. The Bertz CT molecular complexity index is 1830. The first-order chi connectivity index (χ1) is 26.1. The van der Waals surface area contributed by atoms with Gasteiger partial charge < -0.3 is 29.9 Å². The molecule has 1 saturated carbocycles. The van der Waals surface area contributed by atoms with E-state index in [0.29, 0.717) is 44.1 Å². The van der Waals surface area contributed by atoms with E-state index in [2.05, 4.69) is 26.1 Å². The van der Waals surface area contributed by atoms with Crippen LogP contribution in [0.25, 0.3) is 0 Å². The van der Waals surface area contributed by atoms with E-state index in [9.17, 15) is 32.8 Å². The van der Waals surface area contributed by atoms with Crippen molar-refractivity contribution in [3.8, 4) is 6.07 Å². The van der Waals surface area contributed by atoms with Crippen LogP contribution in [0.4, 0.5) is 14.9 Å². The van der Waals surface area contributed by atoms with E-state index in [4.69, 9.17) is 4.74 Å². The Balaban J connectivity index is 0.886. The third-order valence-corrected chi connectivity index (χ3v) is 14.6. The number of morpholine rings is 1. The van der Waals surface area contributed by atoms with Gasteiger partial charge in [-0.2, -0.15) is 5.26 Å². The van der Waals surface area contributed by atoms with E-state index < -0.39 is 32.4 Å². The fraction of sp³-hybridized carbons (Fsp3) is 0.575. The molecule has 7 rings (SSSR count). The molecular weight excluding hydrogens is 712 g/mol. The van der Waals surface area contributed by atoms with Crippen LogP contribution in [-0.4, -0.2) is 130 Å². The maximum atomic E-state index is 14.6. The molecule has 290 valence electrons. The largest absolute Gasteiger partial charge is 0.465 e. The van der Waals surface area contributed by atoms with Crippen molar-refractivity contribution >= 4 is 27.5 Å². The predicted octanol–water partition coefficient (Wildman–Crippen LogP) is 3.74. The second-order valence-corrected chi connectivity index (χ2v) is 17.9. The highest BCUT2D eigenvalue weighted by Gasteiger charge is 2.53. The van der Waals surface area contributed by atoms with Crippen LogP contribution in [-0.2, 0) is 24.8 Å². The molecule has 54 heavy (non-hydrogen) atoms. The Labute approximate surface area is 317 Å². The van der Waals surface area contributed by atoms with Gasteiger partial charge in [0.25, 0.3) is 0 Å². The number of piperidine rings is 1. The molecule has 12 nitrogen and oxygen atoms in total. The Morgan fingerprint density at radius 2 is 1.70 bits per heavy atom. The third-order valence-electron chi connectivity index (χ3n) is 12.5. The number of hydrogen-bond donors (Lipinski definition) is 2. The normalized spacial score (nSPS) is 24.8. The van der Waals surface area contributed by atoms with Gasteiger partial charge in [-0.25, -0.2) is 17.6 Å². The summed E-state index contributed by atoms with van der Waals surface area (Å²) in [7, 11) is -3.55. The lowest BCUT2D eigenvalue weighted by atomic mass is 9.59. The van der Waals surface area contributed by atoms with E-state index in [0.717, 1.165) is 70.8 Å². The number of ether oxygens (including phenoxy) is 1. The van der Waals surface area contributed by atoms with Crippen LogP contribution in [0.3, 0.4) is 0 Å². The molecule has 0 unspecified atom stereocenters. The van der Waals surface area contributed by atoms with Gasteiger partial charge in [0, 0.05) is 82.0 Å². The molecule has 4 heterocycles. The Morgan fingerprint density at radius 3 is 2.37 bits per heavy atom. The van der Waals surface area contributed by atoms with Crippen LogP contribution in [0.1, 0.15) is 37.7 Å². The summed E-state index contributed by atoms with van der Waals surface area (Å²) in [6, 6.07) is 15.7. The van der Waals surface area contributed by atoms with Gasteiger partial charge in [-0.3, -0.25) is 9.69 Å². The minimum atomic E-state index is -3.55. The average Bonchev–Trinajstić information content (AvgIpc) is 3.58. The molecule has 2 N–H and O–H groups in total. The summed E-state index contributed by atoms with van der Waals surface area (Å²) in [6.45, 7) is 8.40. The maximum absolute atomic E-state index is 14.6. The molecule has 0 bridgehead atoms. The Morgan fingerprint density at radius 1 is 0.981 bits per heavy atom. The van der Waals surface area contributed by atoms with Crippen LogP contribution >= 0.6 is 0 Å². The fourth-order valence-electron chi connectivity index (χ4n) is 9.45. The lowest BCUT2D eigenvalue weighted by Crippen LogP contribution is -2.56. The number of nitrogens with one attached hydrogen (secondary N) is 1. The number of benzene rings is 2. The number of carbonyl (C=O) groups excluding carboxylic acids is 1. The van der Waals surface area contributed by atoms with Gasteiger partial charge in [0.05, 0.1) is 29.6 Å². The predicted molar refractivity (Wildman–Crippen MR) is 201 cm³/mol. The zero-order valence-corrected chi connectivity index (χ0v) is 31.5. The summed E-state index contributed by atoms with van der Waals surface area (Å²) < 4.78 is 46.5. The number of hydrogen-bond acceptors (Lipinski definition) is 9. The van der Waals surface area contributed by atoms with Gasteiger partial charge in [-0.1, -0.05) is 24.6 Å². The zero-order valence-electron chi connectivity index (χ0n) is 30.7. The van der Waals surface area contributed by atoms with E-state index in [1.54, 1.807) is 29.2 Å². The molecule has 5 fully saturated rings. The quantitative estimate of drug-likeness (QED) is 0.307. The van der Waals surface area contributed by atoms with Crippen molar-refractivity contribution in [3.05, 3.63) is 72.1 Å². The highest BCUT2D eigenvalue weighted by Crippen LogP contribution is 2.50. The summed E-state index contributed by atoms with van der Waals surface area (Å²) in [4.78, 5) is 33.0. The van der Waals surface area contributed by atoms with Crippen molar-refractivity contribution in [1.29, 1.82) is 5.26 Å². The second-order valence-electron chi connectivity index (χ2n) is 15.6. The summed E-state index contributed by atoms with van der Waals surface area (Å²) in [5, 5.41) is 22.5. The first-order valence-corrected chi connectivity index (χ1v) is 20.8. The number of sulfone groups is 1. The van der Waals surface area contributed by atoms with Crippen molar-refractivity contribution in [2.24, 2.45) is 17.8 Å². The van der Waals surface area contributed by atoms with E-state index in [1.165, 1.54) is 12.1 Å². The highest BCUT2D eigenvalue weighted by molar-refractivity contribution is 7.92. The molecule has 2 aromatic rings. The van der Waals surface area contributed by atoms with Gasteiger partial charge in [0.2, 0.25) is 5.91 Å². The molecule has 0 spiro atoms. The van der Waals surface area contributed by atoms with E-state index in [1.807, 2.05) is 24.3 Å². The number of nitriles is 1. The van der Waals surface area contributed by atoms with Crippen LogP contribution in [0.2, 0.25) is 0 Å². The highest BCUT2D eigenvalue weighted by atomic mass is 32.2. The minimum Gasteiger partial charge on any atom is -0.465 e. The lowest BCUT2D eigenvalue weighted by molar-refractivity contribution is -0.129. The molecule has 1 aliphatic carbocycles. The SMILES string of the molecule is N#C[C@@](c1cccc(F)c1)(C1CCN(CC2CN(c3ccc(S(=O)(=O)C4CN(C(=O)/C=C/CN5CCOCC5)C4)cc3)C2)CC1)[C@H]1CCC[C@@H]1NC(=O)O. The Hall–Kier alpha value is -4.03. The fourth-order valence-corrected chi connectivity index (χ4v) is 11.1. The van der Waals surface area contributed by atoms with Crippen molar-refractivity contribution in [3.63, 3.8) is 0 Å². The van der Waals surface area contributed by atoms with Gasteiger partial charge in [0.1, 0.15) is 11.1 Å². The molecule has 0 radical (unpaired) electrons. The van der Waals surface area contributed by atoms with E-state index in [-0.39, 0.29) is 41.8 Å². The monoisotopic (exact) mass is 762 g/mol. The first-order valence-electron chi connectivity index (χ1n) is 19.3.